The molecule has 5 heteroatoms. The van der Waals surface area contributed by atoms with Crippen molar-refractivity contribution in [1.29, 1.82) is 0 Å². The van der Waals surface area contributed by atoms with Crippen LogP contribution in [0, 0.1) is 0 Å². The second kappa shape index (κ2) is 7.78. The average Bonchev–Trinajstić information content (AvgIpc) is 2.94. The third-order valence-corrected chi connectivity index (χ3v) is 3.38. The Morgan fingerprint density at radius 3 is 2.71 bits per heavy atom. The van der Waals surface area contributed by atoms with Crippen LogP contribution in [-0.2, 0) is 12.8 Å². The van der Waals surface area contributed by atoms with E-state index in [-0.39, 0.29) is 0 Å². The van der Waals surface area contributed by atoms with Gasteiger partial charge in [-0.15, -0.1) is 0 Å². The van der Waals surface area contributed by atoms with Crippen LogP contribution in [0.25, 0.3) is 0 Å². The van der Waals surface area contributed by atoms with Gasteiger partial charge in [-0.1, -0.05) is 24.2 Å². The molecule has 0 amide bonds. The van der Waals surface area contributed by atoms with Gasteiger partial charge in [0, 0.05) is 18.9 Å². The van der Waals surface area contributed by atoms with Gasteiger partial charge in [0.05, 0.1) is 7.11 Å². The number of rotatable bonds is 8. The first-order valence-corrected chi connectivity index (χ1v) is 7.39. The molecule has 0 aliphatic heterocycles. The van der Waals surface area contributed by atoms with Gasteiger partial charge in [0.15, 0.2) is 5.82 Å². The van der Waals surface area contributed by atoms with E-state index in [1.807, 2.05) is 24.3 Å². The van der Waals surface area contributed by atoms with E-state index in [1.54, 1.807) is 7.11 Å². The summed E-state index contributed by atoms with van der Waals surface area (Å²) >= 11 is 0. The van der Waals surface area contributed by atoms with Gasteiger partial charge >= 0.3 is 0 Å². The van der Waals surface area contributed by atoms with Crippen molar-refractivity contribution < 1.29 is 9.26 Å². The van der Waals surface area contributed by atoms with E-state index in [1.165, 1.54) is 0 Å². The van der Waals surface area contributed by atoms with Crippen LogP contribution in [-0.4, -0.2) is 29.8 Å². The molecule has 0 aliphatic carbocycles. The van der Waals surface area contributed by atoms with Gasteiger partial charge in [0.25, 0.3) is 0 Å². The molecule has 2 aromatic rings. The summed E-state index contributed by atoms with van der Waals surface area (Å²) in [5, 5.41) is 7.41. The number of aromatic nitrogens is 2. The van der Waals surface area contributed by atoms with Gasteiger partial charge in [0.2, 0.25) is 5.89 Å². The van der Waals surface area contributed by atoms with E-state index in [0.29, 0.717) is 18.4 Å². The molecule has 1 aromatic heterocycles. The predicted molar refractivity (Wildman–Crippen MR) is 81.6 cm³/mol. The van der Waals surface area contributed by atoms with Gasteiger partial charge < -0.3 is 14.6 Å². The molecule has 0 fully saturated rings. The molecule has 1 aromatic carbocycles. The maximum absolute atomic E-state index is 5.30. The van der Waals surface area contributed by atoms with Crippen LogP contribution < -0.4 is 10.1 Å². The van der Waals surface area contributed by atoms with Gasteiger partial charge in [0.1, 0.15) is 5.75 Å². The minimum Gasteiger partial charge on any atom is -0.497 e. The van der Waals surface area contributed by atoms with Crippen LogP contribution in [0.4, 0.5) is 0 Å². The molecule has 1 unspecified atom stereocenters. The summed E-state index contributed by atoms with van der Waals surface area (Å²) < 4.78 is 10.4. The Balaban J connectivity index is 1.87. The normalized spacial score (nSPS) is 12.3. The predicted octanol–water partition coefficient (Wildman–Crippen LogP) is 2.60. The Bertz CT molecular complexity index is 537. The van der Waals surface area contributed by atoms with Crippen LogP contribution >= 0.6 is 0 Å². The molecule has 2 rings (SSSR count). The molecule has 1 heterocycles. The van der Waals surface area contributed by atoms with Crippen LogP contribution in [0.3, 0.4) is 0 Å². The average molecular weight is 289 g/mol. The second-order valence-electron chi connectivity index (χ2n) is 5.13. The molecule has 1 atom stereocenters. The first-order chi connectivity index (χ1) is 10.2. The third-order valence-electron chi connectivity index (χ3n) is 3.38. The van der Waals surface area contributed by atoms with Gasteiger partial charge in [-0.2, -0.15) is 4.98 Å². The first kappa shape index (κ1) is 15.5. The molecule has 0 aliphatic rings. The fourth-order valence-corrected chi connectivity index (χ4v) is 2.18. The van der Waals surface area contributed by atoms with E-state index in [4.69, 9.17) is 9.26 Å². The zero-order valence-electron chi connectivity index (χ0n) is 12.9. The number of benzene rings is 1. The smallest absolute Gasteiger partial charge is 0.226 e. The van der Waals surface area contributed by atoms with Gasteiger partial charge in [-0.3, -0.25) is 0 Å². The SMILES string of the molecule is CCNC(C)CCc1nc(Cc2ccc(OC)cc2)no1. The highest BCUT2D eigenvalue weighted by Crippen LogP contribution is 2.14. The van der Waals surface area contributed by atoms with Crippen molar-refractivity contribution in [2.24, 2.45) is 0 Å². The Labute approximate surface area is 125 Å². The fourth-order valence-electron chi connectivity index (χ4n) is 2.18. The Hall–Kier alpha value is -1.88. The lowest BCUT2D eigenvalue weighted by Gasteiger charge is -2.09. The number of ether oxygens (including phenoxy) is 1. The van der Waals surface area contributed by atoms with Crippen LogP contribution in [0.1, 0.15) is 37.5 Å². The van der Waals surface area contributed by atoms with Crippen molar-refractivity contribution in [3.8, 4) is 5.75 Å². The summed E-state index contributed by atoms with van der Waals surface area (Å²) in [5.74, 6) is 2.29. The zero-order valence-corrected chi connectivity index (χ0v) is 12.9. The fraction of sp³-hybridized carbons (Fsp3) is 0.500. The monoisotopic (exact) mass is 289 g/mol. The number of hydrogen-bond acceptors (Lipinski definition) is 5. The maximum Gasteiger partial charge on any atom is 0.226 e. The third kappa shape index (κ3) is 4.86. The van der Waals surface area contributed by atoms with Crippen molar-refractivity contribution in [2.75, 3.05) is 13.7 Å². The minimum absolute atomic E-state index is 0.465. The molecule has 0 saturated heterocycles. The van der Waals surface area contributed by atoms with Crippen LogP contribution in [0.5, 0.6) is 5.75 Å². The topological polar surface area (TPSA) is 60.2 Å². The van der Waals surface area contributed by atoms with Crippen molar-refractivity contribution in [3.05, 3.63) is 41.5 Å². The highest BCUT2D eigenvalue weighted by atomic mass is 16.5. The molecule has 0 saturated carbocycles. The second-order valence-corrected chi connectivity index (χ2v) is 5.13. The number of nitrogens with one attached hydrogen (secondary N) is 1. The number of aryl methyl sites for hydroxylation is 1. The van der Waals surface area contributed by atoms with E-state index in [0.717, 1.165) is 36.5 Å². The largest absolute Gasteiger partial charge is 0.497 e. The van der Waals surface area contributed by atoms with Crippen molar-refractivity contribution in [2.45, 2.75) is 39.2 Å². The quantitative estimate of drug-likeness (QED) is 0.809. The molecule has 1 N–H and O–H groups in total. The number of nitrogens with zero attached hydrogens (tertiary/aromatic N) is 2. The van der Waals surface area contributed by atoms with Gasteiger partial charge in [-0.25, -0.2) is 0 Å². The molecule has 0 radical (unpaired) electrons. The van der Waals surface area contributed by atoms with Crippen LogP contribution in [0.2, 0.25) is 0 Å². The van der Waals surface area contributed by atoms with E-state index in [9.17, 15) is 0 Å². The molecule has 21 heavy (non-hydrogen) atoms. The van der Waals surface area contributed by atoms with Crippen molar-refractivity contribution in [3.63, 3.8) is 0 Å². The van der Waals surface area contributed by atoms with Gasteiger partial charge in [-0.05, 0) is 37.6 Å². The Kier molecular flexibility index (Phi) is 5.75. The maximum atomic E-state index is 5.30. The lowest BCUT2D eigenvalue weighted by Crippen LogP contribution is -2.25. The molecule has 0 spiro atoms. The summed E-state index contributed by atoms with van der Waals surface area (Å²) in [4.78, 5) is 4.44. The summed E-state index contributed by atoms with van der Waals surface area (Å²) in [6.07, 6.45) is 2.48. The summed E-state index contributed by atoms with van der Waals surface area (Å²) in [7, 11) is 1.66. The lowest BCUT2D eigenvalue weighted by molar-refractivity contribution is 0.363. The van der Waals surface area contributed by atoms with Crippen LogP contribution in [0.15, 0.2) is 28.8 Å². The molecule has 0 bridgehead atoms. The summed E-state index contributed by atoms with van der Waals surface area (Å²) in [6, 6.07) is 8.37. The number of methoxy groups -OCH3 is 1. The Morgan fingerprint density at radius 1 is 1.29 bits per heavy atom. The minimum atomic E-state index is 0.465. The molecular weight excluding hydrogens is 266 g/mol. The van der Waals surface area contributed by atoms with E-state index in [2.05, 4.69) is 29.3 Å². The lowest BCUT2D eigenvalue weighted by atomic mass is 10.1. The molecule has 5 nitrogen and oxygen atoms in total. The zero-order chi connectivity index (χ0) is 15.1. The van der Waals surface area contributed by atoms with E-state index < -0.39 is 0 Å². The Morgan fingerprint density at radius 2 is 2.05 bits per heavy atom. The van der Waals surface area contributed by atoms with Crippen molar-refractivity contribution >= 4 is 0 Å². The summed E-state index contributed by atoms with van der Waals surface area (Å²) in [5.41, 5.74) is 1.14. The summed E-state index contributed by atoms with van der Waals surface area (Å²) in [6.45, 7) is 5.25. The molecule has 114 valence electrons. The highest BCUT2D eigenvalue weighted by molar-refractivity contribution is 5.28. The standard InChI is InChI=1S/C16H23N3O2/c1-4-17-12(2)5-10-16-18-15(19-21-16)11-13-6-8-14(20-3)9-7-13/h6-9,12,17H,4-5,10-11H2,1-3H3. The van der Waals surface area contributed by atoms with E-state index >= 15 is 0 Å². The molecular formula is C16H23N3O2. The highest BCUT2D eigenvalue weighted by Gasteiger charge is 2.09. The van der Waals surface area contributed by atoms with Crippen molar-refractivity contribution in [1.82, 2.24) is 15.5 Å². The number of hydrogen-bond donors (Lipinski definition) is 1. The first-order valence-electron chi connectivity index (χ1n) is 7.39.